The Labute approximate surface area is 93.4 Å². The molecule has 0 aromatic heterocycles. The second-order valence-corrected chi connectivity index (χ2v) is 5.96. The first-order valence-electron chi connectivity index (χ1n) is 6.74. The number of hydrogen-bond donors (Lipinski definition) is 1. The van der Waals surface area contributed by atoms with Crippen LogP contribution in [0.2, 0.25) is 0 Å². The second-order valence-electron chi connectivity index (χ2n) is 5.96. The molecule has 2 heteroatoms. The predicted molar refractivity (Wildman–Crippen MR) is 63.0 cm³/mol. The molecule has 0 bridgehead atoms. The molecule has 86 valence electrons. The van der Waals surface area contributed by atoms with Gasteiger partial charge in [-0.05, 0) is 38.1 Å². The van der Waals surface area contributed by atoms with Crippen molar-refractivity contribution in [3.05, 3.63) is 0 Å². The third kappa shape index (κ3) is 1.53. The van der Waals surface area contributed by atoms with Gasteiger partial charge < -0.3 is 5.32 Å². The summed E-state index contributed by atoms with van der Waals surface area (Å²) in [6.07, 6.45) is 10.5. The van der Waals surface area contributed by atoms with Gasteiger partial charge in [0, 0.05) is 25.2 Å². The van der Waals surface area contributed by atoms with Crippen LogP contribution >= 0.6 is 0 Å². The molecule has 0 aromatic carbocycles. The van der Waals surface area contributed by atoms with Crippen LogP contribution in [0, 0.1) is 5.41 Å². The van der Waals surface area contributed by atoms with E-state index in [1.807, 2.05) is 0 Å². The highest BCUT2D eigenvalue weighted by atomic mass is 15.3. The molecule has 0 radical (unpaired) electrons. The van der Waals surface area contributed by atoms with Crippen LogP contribution in [0.4, 0.5) is 0 Å². The quantitative estimate of drug-likeness (QED) is 0.747. The molecule has 0 aromatic rings. The van der Waals surface area contributed by atoms with Crippen molar-refractivity contribution >= 4 is 0 Å². The molecule has 0 amide bonds. The molecular formula is C13H24N2. The summed E-state index contributed by atoms with van der Waals surface area (Å²) in [5.74, 6) is 0. The summed E-state index contributed by atoms with van der Waals surface area (Å²) in [5, 5.41) is 3.39. The fourth-order valence-corrected chi connectivity index (χ4v) is 3.97. The van der Waals surface area contributed by atoms with Crippen molar-refractivity contribution in [1.82, 2.24) is 10.2 Å². The molecule has 1 unspecified atom stereocenters. The summed E-state index contributed by atoms with van der Waals surface area (Å²) in [5.41, 5.74) is 0.753. The van der Waals surface area contributed by atoms with Gasteiger partial charge >= 0.3 is 0 Å². The van der Waals surface area contributed by atoms with E-state index in [0.29, 0.717) is 0 Å². The maximum Gasteiger partial charge on any atom is 0.0345 e. The average molecular weight is 208 g/mol. The van der Waals surface area contributed by atoms with E-state index < -0.39 is 0 Å². The van der Waals surface area contributed by atoms with Gasteiger partial charge in [-0.3, -0.25) is 4.90 Å². The summed E-state index contributed by atoms with van der Waals surface area (Å²) in [7, 11) is 2.37. The summed E-state index contributed by atoms with van der Waals surface area (Å²) < 4.78 is 0. The molecule has 1 N–H and O–H groups in total. The molecule has 1 atom stereocenters. The first kappa shape index (κ1) is 10.1. The van der Waals surface area contributed by atoms with E-state index in [9.17, 15) is 0 Å². The Morgan fingerprint density at radius 1 is 1.07 bits per heavy atom. The van der Waals surface area contributed by atoms with Crippen LogP contribution < -0.4 is 5.32 Å². The van der Waals surface area contributed by atoms with Gasteiger partial charge in [-0.2, -0.15) is 0 Å². The van der Waals surface area contributed by atoms with Crippen LogP contribution in [-0.2, 0) is 0 Å². The van der Waals surface area contributed by atoms with Gasteiger partial charge in [-0.1, -0.05) is 19.3 Å². The SMILES string of the molecule is CN(C1CNC1)C1CCC12CCCCC2. The summed E-state index contributed by atoms with van der Waals surface area (Å²) >= 11 is 0. The Morgan fingerprint density at radius 3 is 2.27 bits per heavy atom. The van der Waals surface area contributed by atoms with Crippen molar-refractivity contribution in [3.8, 4) is 0 Å². The first-order chi connectivity index (χ1) is 7.32. The van der Waals surface area contributed by atoms with E-state index in [-0.39, 0.29) is 0 Å². The van der Waals surface area contributed by atoms with E-state index >= 15 is 0 Å². The molecule has 3 rings (SSSR count). The highest BCUT2D eigenvalue weighted by Crippen LogP contribution is 2.53. The monoisotopic (exact) mass is 208 g/mol. The molecular weight excluding hydrogens is 184 g/mol. The number of rotatable bonds is 2. The molecule has 3 fully saturated rings. The first-order valence-corrected chi connectivity index (χ1v) is 6.74. The van der Waals surface area contributed by atoms with Crippen LogP contribution in [0.1, 0.15) is 44.9 Å². The Kier molecular flexibility index (Phi) is 2.52. The van der Waals surface area contributed by atoms with Crippen molar-refractivity contribution in [3.63, 3.8) is 0 Å². The maximum atomic E-state index is 3.39. The van der Waals surface area contributed by atoms with Crippen molar-refractivity contribution in [1.29, 1.82) is 0 Å². The molecule has 1 saturated heterocycles. The number of hydrogen-bond acceptors (Lipinski definition) is 2. The Hall–Kier alpha value is -0.0800. The smallest absolute Gasteiger partial charge is 0.0345 e. The van der Waals surface area contributed by atoms with Crippen LogP contribution in [0.3, 0.4) is 0 Å². The van der Waals surface area contributed by atoms with Crippen molar-refractivity contribution < 1.29 is 0 Å². The van der Waals surface area contributed by atoms with Gasteiger partial charge in [0.1, 0.15) is 0 Å². The topological polar surface area (TPSA) is 15.3 Å². The number of nitrogens with one attached hydrogen (secondary N) is 1. The van der Waals surface area contributed by atoms with Crippen LogP contribution in [0.25, 0.3) is 0 Å². The van der Waals surface area contributed by atoms with E-state index in [2.05, 4.69) is 17.3 Å². The molecule has 3 aliphatic rings. The highest BCUT2D eigenvalue weighted by molar-refractivity contribution is 5.04. The van der Waals surface area contributed by atoms with Gasteiger partial charge in [0.2, 0.25) is 0 Å². The lowest BCUT2D eigenvalue weighted by atomic mass is 9.56. The van der Waals surface area contributed by atoms with Crippen molar-refractivity contribution in [2.45, 2.75) is 57.0 Å². The summed E-state index contributed by atoms with van der Waals surface area (Å²) in [6, 6.07) is 1.76. The molecule has 2 saturated carbocycles. The normalized spacial score (nSPS) is 35.2. The van der Waals surface area contributed by atoms with Crippen LogP contribution in [0.15, 0.2) is 0 Å². The van der Waals surface area contributed by atoms with Crippen LogP contribution in [0.5, 0.6) is 0 Å². The molecule has 1 spiro atoms. The van der Waals surface area contributed by atoms with Gasteiger partial charge in [-0.25, -0.2) is 0 Å². The fraction of sp³-hybridized carbons (Fsp3) is 1.00. The molecule has 1 aliphatic heterocycles. The van der Waals surface area contributed by atoms with Gasteiger partial charge in [0.15, 0.2) is 0 Å². The predicted octanol–water partition coefficient (Wildman–Crippen LogP) is 2.00. The zero-order valence-electron chi connectivity index (χ0n) is 9.97. The average Bonchev–Trinajstić information content (AvgIpc) is 2.14. The zero-order valence-corrected chi connectivity index (χ0v) is 9.97. The molecule has 15 heavy (non-hydrogen) atoms. The van der Waals surface area contributed by atoms with Gasteiger partial charge in [-0.15, -0.1) is 0 Å². The maximum absolute atomic E-state index is 3.39. The van der Waals surface area contributed by atoms with Gasteiger partial charge in [0.05, 0.1) is 0 Å². The lowest BCUT2D eigenvalue weighted by Gasteiger charge is -2.58. The lowest BCUT2D eigenvalue weighted by molar-refractivity contribution is -0.0661. The Morgan fingerprint density at radius 2 is 1.80 bits per heavy atom. The third-order valence-corrected chi connectivity index (χ3v) is 5.30. The largest absolute Gasteiger partial charge is 0.314 e. The molecule has 2 aliphatic carbocycles. The summed E-state index contributed by atoms with van der Waals surface area (Å²) in [4.78, 5) is 2.70. The molecule has 1 heterocycles. The standard InChI is InChI=1S/C13H24N2/c1-15(11-9-14-10-11)12-5-8-13(12)6-3-2-4-7-13/h11-12,14H,2-10H2,1H3. The third-order valence-electron chi connectivity index (χ3n) is 5.30. The van der Waals surface area contributed by atoms with E-state index in [1.54, 1.807) is 0 Å². The van der Waals surface area contributed by atoms with Crippen molar-refractivity contribution in [2.75, 3.05) is 20.1 Å². The minimum Gasteiger partial charge on any atom is -0.314 e. The van der Waals surface area contributed by atoms with Crippen molar-refractivity contribution in [2.24, 2.45) is 5.41 Å². The van der Waals surface area contributed by atoms with E-state index in [4.69, 9.17) is 0 Å². The Bertz CT molecular complexity index is 229. The lowest BCUT2D eigenvalue weighted by Crippen LogP contribution is -2.64. The minimum absolute atomic E-state index is 0.753. The number of nitrogens with zero attached hydrogens (tertiary/aromatic N) is 1. The number of likely N-dealkylation sites (N-methyl/N-ethyl adjacent to an activating group) is 1. The van der Waals surface area contributed by atoms with Gasteiger partial charge in [0.25, 0.3) is 0 Å². The van der Waals surface area contributed by atoms with E-state index in [1.165, 1.54) is 58.0 Å². The minimum atomic E-state index is 0.753. The fourth-order valence-electron chi connectivity index (χ4n) is 3.97. The highest BCUT2D eigenvalue weighted by Gasteiger charge is 2.50. The van der Waals surface area contributed by atoms with E-state index in [0.717, 1.165) is 17.5 Å². The summed E-state index contributed by atoms with van der Waals surface area (Å²) in [6.45, 7) is 2.45. The molecule has 2 nitrogen and oxygen atoms in total. The second kappa shape index (κ2) is 3.74. The van der Waals surface area contributed by atoms with Crippen LogP contribution in [-0.4, -0.2) is 37.1 Å². The zero-order chi connectivity index (χ0) is 10.3. The Balaban J connectivity index is 1.65.